The molecular weight excluding hydrogens is 274 g/mol. The van der Waals surface area contributed by atoms with Crippen molar-refractivity contribution in [2.75, 3.05) is 5.75 Å². The fraction of sp³-hybridized carbons (Fsp3) is 0.286. The standard InChI is InChI=1S/C14H15N3O2S/c15-7-11-10(8-17-5-2-1-3-13(11)17)9-20-6-4-12(16)14(18)19/h1-3,5,8,12H,4,6,9,16H2,(H,18,19). The molecule has 0 saturated carbocycles. The largest absolute Gasteiger partial charge is 0.480 e. The van der Waals surface area contributed by atoms with Gasteiger partial charge in [-0.1, -0.05) is 6.07 Å². The molecule has 5 nitrogen and oxygen atoms in total. The molecule has 6 heteroatoms. The summed E-state index contributed by atoms with van der Waals surface area (Å²) >= 11 is 1.59. The molecule has 0 aliphatic heterocycles. The SMILES string of the molecule is N#Cc1c(CSCCC(N)C(=O)O)cn2ccccc12. The van der Waals surface area contributed by atoms with Gasteiger partial charge in [0.1, 0.15) is 12.1 Å². The summed E-state index contributed by atoms with van der Waals surface area (Å²) in [6.45, 7) is 0. The van der Waals surface area contributed by atoms with Gasteiger partial charge in [-0.25, -0.2) is 0 Å². The predicted octanol–water partition coefficient (Wildman–Crippen LogP) is 1.85. The van der Waals surface area contributed by atoms with Crippen LogP contribution in [0.25, 0.3) is 5.52 Å². The number of carboxylic acids is 1. The molecule has 1 atom stereocenters. The number of nitriles is 1. The summed E-state index contributed by atoms with van der Waals surface area (Å²) in [5, 5.41) is 17.9. The summed E-state index contributed by atoms with van der Waals surface area (Å²) in [6, 6.07) is 7.14. The molecule has 104 valence electrons. The van der Waals surface area contributed by atoms with Crippen LogP contribution in [0.4, 0.5) is 0 Å². The Morgan fingerprint density at radius 1 is 1.55 bits per heavy atom. The van der Waals surface area contributed by atoms with E-state index in [9.17, 15) is 10.1 Å². The Morgan fingerprint density at radius 2 is 2.35 bits per heavy atom. The second-order valence-electron chi connectivity index (χ2n) is 4.42. The number of carboxylic acid groups (broad SMARTS) is 1. The number of pyridine rings is 1. The Morgan fingerprint density at radius 3 is 3.05 bits per heavy atom. The first-order valence-electron chi connectivity index (χ1n) is 6.18. The van der Waals surface area contributed by atoms with Gasteiger partial charge in [0.25, 0.3) is 0 Å². The van der Waals surface area contributed by atoms with Crippen LogP contribution in [-0.2, 0) is 10.5 Å². The number of aliphatic carboxylic acids is 1. The smallest absolute Gasteiger partial charge is 0.320 e. The van der Waals surface area contributed by atoms with E-state index in [0.717, 1.165) is 11.1 Å². The van der Waals surface area contributed by atoms with Crippen molar-refractivity contribution >= 4 is 23.2 Å². The first kappa shape index (κ1) is 14.4. The van der Waals surface area contributed by atoms with Gasteiger partial charge in [0, 0.05) is 18.1 Å². The average molecular weight is 289 g/mol. The van der Waals surface area contributed by atoms with Crippen LogP contribution in [0.1, 0.15) is 17.5 Å². The van der Waals surface area contributed by atoms with Gasteiger partial charge in [0.2, 0.25) is 0 Å². The summed E-state index contributed by atoms with van der Waals surface area (Å²) in [5.74, 6) is 0.361. The van der Waals surface area contributed by atoms with Crippen LogP contribution in [0.5, 0.6) is 0 Å². The van der Waals surface area contributed by atoms with Crippen molar-refractivity contribution in [3.05, 3.63) is 41.7 Å². The molecule has 2 rings (SSSR count). The first-order valence-corrected chi connectivity index (χ1v) is 7.33. The minimum absolute atomic E-state index is 0.426. The molecule has 20 heavy (non-hydrogen) atoms. The van der Waals surface area contributed by atoms with Crippen molar-refractivity contribution in [3.8, 4) is 6.07 Å². The highest BCUT2D eigenvalue weighted by atomic mass is 32.2. The molecule has 0 aromatic carbocycles. The fourth-order valence-corrected chi connectivity index (χ4v) is 2.94. The lowest BCUT2D eigenvalue weighted by atomic mass is 10.2. The topological polar surface area (TPSA) is 91.5 Å². The Kier molecular flexibility index (Phi) is 4.66. The summed E-state index contributed by atoms with van der Waals surface area (Å²) in [5.41, 5.74) is 7.99. The molecule has 0 spiro atoms. The van der Waals surface area contributed by atoms with Crippen molar-refractivity contribution in [1.29, 1.82) is 5.26 Å². The highest BCUT2D eigenvalue weighted by molar-refractivity contribution is 7.98. The highest BCUT2D eigenvalue weighted by Gasteiger charge is 2.12. The van der Waals surface area contributed by atoms with Crippen LogP contribution in [0.3, 0.4) is 0 Å². The van der Waals surface area contributed by atoms with E-state index in [-0.39, 0.29) is 0 Å². The van der Waals surface area contributed by atoms with Gasteiger partial charge in [0.15, 0.2) is 0 Å². The van der Waals surface area contributed by atoms with Gasteiger partial charge in [-0.2, -0.15) is 17.0 Å². The van der Waals surface area contributed by atoms with E-state index in [1.807, 2.05) is 35.0 Å². The molecule has 3 N–H and O–H groups in total. The molecule has 0 aliphatic rings. The Bertz CT molecular complexity index is 660. The zero-order valence-corrected chi connectivity index (χ0v) is 11.6. The van der Waals surface area contributed by atoms with Crippen molar-refractivity contribution in [2.45, 2.75) is 18.2 Å². The predicted molar refractivity (Wildman–Crippen MR) is 78.5 cm³/mol. The van der Waals surface area contributed by atoms with Crippen LogP contribution in [0, 0.1) is 11.3 Å². The molecule has 2 heterocycles. The third kappa shape index (κ3) is 3.13. The van der Waals surface area contributed by atoms with E-state index in [2.05, 4.69) is 6.07 Å². The molecule has 0 saturated heterocycles. The van der Waals surface area contributed by atoms with E-state index in [1.54, 1.807) is 11.8 Å². The molecule has 2 aromatic heterocycles. The molecule has 2 aromatic rings. The van der Waals surface area contributed by atoms with Crippen molar-refractivity contribution in [2.24, 2.45) is 5.73 Å². The monoisotopic (exact) mass is 289 g/mol. The summed E-state index contributed by atoms with van der Waals surface area (Å²) in [7, 11) is 0. The molecule has 1 unspecified atom stereocenters. The molecular formula is C14H15N3O2S. The first-order chi connectivity index (χ1) is 9.63. The maximum Gasteiger partial charge on any atom is 0.320 e. The summed E-state index contributed by atoms with van der Waals surface area (Å²) in [4.78, 5) is 10.6. The Labute approximate surface area is 121 Å². The molecule has 0 fully saturated rings. The minimum Gasteiger partial charge on any atom is -0.480 e. The number of hydrogen-bond acceptors (Lipinski definition) is 4. The number of aromatic nitrogens is 1. The fourth-order valence-electron chi connectivity index (χ4n) is 1.93. The van der Waals surface area contributed by atoms with Gasteiger partial charge in [0.05, 0.1) is 11.1 Å². The van der Waals surface area contributed by atoms with Crippen molar-refractivity contribution in [1.82, 2.24) is 4.40 Å². The van der Waals surface area contributed by atoms with Crippen LogP contribution >= 0.6 is 11.8 Å². The number of nitrogens with zero attached hydrogens (tertiary/aromatic N) is 2. The van der Waals surface area contributed by atoms with Crippen LogP contribution in [0.2, 0.25) is 0 Å². The van der Waals surface area contributed by atoms with Gasteiger partial charge in [-0.3, -0.25) is 4.79 Å². The lowest BCUT2D eigenvalue weighted by Crippen LogP contribution is -2.30. The van der Waals surface area contributed by atoms with Crippen molar-refractivity contribution in [3.63, 3.8) is 0 Å². The number of rotatable bonds is 6. The Hall–Kier alpha value is -1.97. The van der Waals surface area contributed by atoms with Crippen LogP contribution in [-0.4, -0.2) is 27.3 Å². The molecule has 0 bridgehead atoms. The van der Waals surface area contributed by atoms with Gasteiger partial charge in [-0.15, -0.1) is 0 Å². The van der Waals surface area contributed by atoms with Gasteiger partial charge in [-0.05, 0) is 29.9 Å². The number of thioether (sulfide) groups is 1. The third-order valence-electron chi connectivity index (χ3n) is 3.02. The zero-order valence-electron chi connectivity index (χ0n) is 10.8. The van der Waals surface area contributed by atoms with E-state index in [1.165, 1.54) is 0 Å². The lowest BCUT2D eigenvalue weighted by molar-refractivity contribution is -0.138. The second-order valence-corrected chi connectivity index (χ2v) is 5.53. The number of carbonyl (C=O) groups is 1. The minimum atomic E-state index is -0.974. The second kappa shape index (κ2) is 6.46. The normalized spacial score (nSPS) is 12.2. The van der Waals surface area contributed by atoms with E-state index in [4.69, 9.17) is 10.8 Å². The third-order valence-corrected chi connectivity index (χ3v) is 4.06. The zero-order chi connectivity index (χ0) is 14.5. The maximum atomic E-state index is 10.6. The molecule has 0 aliphatic carbocycles. The highest BCUT2D eigenvalue weighted by Crippen LogP contribution is 2.22. The number of fused-ring (bicyclic) bond motifs is 1. The van der Waals surface area contributed by atoms with Crippen molar-refractivity contribution < 1.29 is 9.90 Å². The quantitative estimate of drug-likeness (QED) is 0.792. The maximum absolute atomic E-state index is 10.6. The van der Waals surface area contributed by atoms with E-state index < -0.39 is 12.0 Å². The molecule has 0 amide bonds. The number of nitrogens with two attached hydrogens (primary N) is 1. The summed E-state index contributed by atoms with van der Waals surface area (Å²) < 4.78 is 1.93. The molecule has 0 radical (unpaired) electrons. The van der Waals surface area contributed by atoms with E-state index in [0.29, 0.717) is 23.5 Å². The van der Waals surface area contributed by atoms with Crippen LogP contribution < -0.4 is 5.73 Å². The van der Waals surface area contributed by atoms with Gasteiger partial charge >= 0.3 is 5.97 Å². The lowest BCUT2D eigenvalue weighted by Gasteiger charge is -2.05. The Balaban J connectivity index is 2.00. The van der Waals surface area contributed by atoms with Gasteiger partial charge < -0.3 is 15.2 Å². The average Bonchev–Trinajstić information content (AvgIpc) is 2.80. The number of hydrogen-bond donors (Lipinski definition) is 2. The van der Waals surface area contributed by atoms with Crippen LogP contribution in [0.15, 0.2) is 30.6 Å². The summed E-state index contributed by atoms with van der Waals surface area (Å²) in [6.07, 6.45) is 4.28. The van der Waals surface area contributed by atoms with E-state index >= 15 is 0 Å².